The van der Waals surface area contributed by atoms with Gasteiger partial charge in [-0.05, 0) is 106 Å². The molecule has 9 rings (SSSR count). The second-order valence-electron chi connectivity index (χ2n) is 20.0. The minimum Gasteiger partial charge on any atom is -0.496 e. The highest BCUT2D eigenvalue weighted by Crippen LogP contribution is 2.65. The molecule has 1 aliphatic heterocycles. The number of esters is 1. The summed E-state index contributed by atoms with van der Waals surface area (Å²) >= 11 is 1.28. The maximum atomic E-state index is 15.1. The molecule has 4 unspecified atom stereocenters. The van der Waals surface area contributed by atoms with Crippen LogP contribution in [0.4, 0.5) is 5.13 Å². The van der Waals surface area contributed by atoms with E-state index in [1.165, 1.54) is 38.4 Å². The summed E-state index contributed by atoms with van der Waals surface area (Å²) in [5.74, 6) is -2.58. The number of oxime groups is 1. The van der Waals surface area contributed by atoms with Crippen molar-refractivity contribution in [2.75, 3.05) is 12.4 Å². The molecule has 5 atom stereocenters. The topological polar surface area (TPSA) is 167 Å². The highest BCUT2D eigenvalue weighted by atomic mass is 32.1. The van der Waals surface area contributed by atoms with Crippen molar-refractivity contribution >= 4 is 47.1 Å². The fourth-order valence-corrected chi connectivity index (χ4v) is 10.8. The molecular weight excluding hydrogens is 867 g/mol. The number of nitrogens with zero attached hydrogens (tertiary/aromatic N) is 2. The molecule has 3 aliphatic carbocycles. The van der Waals surface area contributed by atoms with Crippen molar-refractivity contribution in [3.63, 3.8) is 0 Å². The van der Waals surface area contributed by atoms with Crippen LogP contribution in [0.2, 0.25) is 0 Å². The van der Waals surface area contributed by atoms with Gasteiger partial charge in [-0.3, -0.25) is 4.79 Å². The Morgan fingerprint density at radius 2 is 1.48 bits per heavy atom. The number of carbonyl (C=O) groups is 3. The van der Waals surface area contributed by atoms with Crippen molar-refractivity contribution in [1.82, 2.24) is 10.3 Å². The summed E-state index contributed by atoms with van der Waals surface area (Å²) in [7, 11) is 0.472. The van der Waals surface area contributed by atoms with Gasteiger partial charge >= 0.3 is 19.1 Å². The second kappa shape index (κ2) is 18.2. The lowest BCUT2D eigenvalue weighted by Crippen LogP contribution is -2.65. The summed E-state index contributed by atoms with van der Waals surface area (Å²) in [6, 6.07) is 35.1. The van der Waals surface area contributed by atoms with Crippen LogP contribution >= 0.6 is 11.3 Å². The molecule has 0 radical (unpaired) electrons. The number of amides is 1. The molecule has 4 fully saturated rings. The van der Waals surface area contributed by atoms with Crippen LogP contribution in [0.5, 0.6) is 5.75 Å². The van der Waals surface area contributed by atoms with Crippen LogP contribution in [0.25, 0.3) is 0 Å². The average molecular weight is 927 g/mol. The van der Waals surface area contributed by atoms with E-state index in [-0.39, 0.29) is 46.6 Å². The van der Waals surface area contributed by atoms with Crippen LogP contribution in [0.3, 0.4) is 0 Å². The molecule has 2 bridgehead atoms. The number of carboxylic acid groups (broad SMARTS) is 1. The number of ether oxygens (including phenoxy) is 2. The first-order chi connectivity index (χ1) is 31.8. The van der Waals surface area contributed by atoms with E-state index in [9.17, 15) is 14.7 Å². The third kappa shape index (κ3) is 9.21. The van der Waals surface area contributed by atoms with Crippen molar-refractivity contribution in [2.45, 2.75) is 109 Å². The van der Waals surface area contributed by atoms with E-state index in [2.05, 4.69) is 73.0 Å². The lowest BCUT2D eigenvalue weighted by Gasteiger charge is -2.64. The number of nitrogens with one attached hydrogen (secondary N) is 2. The number of benzene rings is 4. The number of para-hydroxylation sites is 1. The van der Waals surface area contributed by atoms with E-state index in [4.69, 9.17) is 28.6 Å². The Kier molecular flexibility index (Phi) is 12.9. The zero-order chi connectivity index (χ0) is 47.9. The molecule has 15 heteroatoms. The van der Waals surface area contributed by atoms with Gasteiger partial charge in [0.2, 0.25) is 5.60 Å². The third-order valence-corrected chi connectivity index (χ3v) is 14.5. The van der Waals surface area contributed by atoms with Crippen LogP contribution in [-0.4, -0.2) is 76.7 Å². The third-order valence-electron chi connectivity index (χ3n) is 13.7. The summed E-state index contributed by atoms with van der Waals surface area (Å²) in [6.07, 6.45) is 1.67. The summed E-state index contributed by atoms with van der Waals surface area (Å²) < 4.78 is 25.1. The maximum Gasteiger partial charge on any atom is 0.482 e. The van der Waals surface area contributed by atoms with Crippen LogP contribution in [0.15, 0.2) is 120 Å². The van der Waals surface area contributed by atoms with E-state index < -0.39 is 53.2 Å². The van der Waals surface area contributed by atoms with Crippen LogP contribution in [0.1, 0.15) is 107 Å². The lowest BCUT2D eigenvalue weighted by atomic mass is 9.43. The van der Waals surface area contributed by atoms with Gasteiger partial charge in [0.1, 0.15) is 28.1 Å². The first-order valence-electron chi connectivity index (χ1n) is 22.7. The minimum absolute atomic E-state index is 0.0262. The number of carbonyl (C=O) groups excluding carboxylic acids is 2. The fourth-order valence-electron chi connectivity index (χ4n) is 10.1. The molecule has 0 spiro atoms. The number of aromatic nitrogens is 1. The second-order valence-corrected chi connectivity index (χ2v) is 20.8. The highest BCUT2D eigenvalue weighted by molar-refractivity contribution is 7.14. The number of thiazole rings is 1. The van der Waals surface area contributed by atoms with E-state index in [1.54, 1.807) is 38.3 Å². The van der Waals surface area contributed by atoms with Crippen molar-refractivity contribution in [3.05, 3.63) is 148 Å². The molecule has 67 heavy (non-hydrogen) atoms. The molecule has 3 N–H and O–H groups in total. The molecule has 5 aromatic rings. The van der Waals surface area contributed by atoms with Gasteiger partial charge in [0.15, 0.2) is 10.8 Å². The monoisotopic (exact) mass is 926 g/mol. The van der Waals surface area contributed by atoms with Crippen LogP contribution < -0.4 is 15.4 Å². The Balaban J connectivity index is 1.20. The lowest BCUT2D eigenvalue weighted by molar-refractivity contribution is -0.199. The largest absolute Gasteiger partial charge is 0.496 e. The van der Waals surface area contributed by atoms with Gasteiger partial charge in [0.25, 0.3) is 5.91 Å². The molecule has 13 nitrogen and oxygen atoms in total. The number of rotatable bonds is 16. The standard InChI is InChI=1S/C52H59BN4O9S/c1-48(2,3)63-46(61)50(6,7)66-57-42(38-31-67-47(54-38)56-52(33-21-13-10-14-22-33,34-23-15-11-16-24-34)35-25-17-12-18-26-35)44(58)55-41(28-32-20-19-27-37(45(59)60)43(32)62-9)53-64-40-30-36-29-39(49(36,4)5)51(40,8)65-53/h10-27,31,36,39-41H,28-30H2,1-9H3,(H,54,56)(H,55,58)(H,59,60)/t36?,39?,40?,41-,51?/m0/s1. The summed E-state index contributed by atoms with van der Waals surface area (Å²) in [4.78, 5) is 52.0. The van der Waals surface area contributed by atoms with E-state index in [0.29, 0.717) is 16.6 Å². The number of aromatic carboxylic acids is 1. The van der Waals surface area contributed by atoms with Crippen LogP contribution in [0, 0.1) is 17.3 Å². The first-order valence-corrected chi connectivity index (χ1v) is 23.6. The van der Waals surface area contributed by atoms with Gasteiger partial charge in [-0.2, -0.15) is 0 Å². The van der Waals surface area contributed by atoms with E-state index in [1.807, 2.05) is 54.6 Å². The molecule has 4 aliphatic rings. The van der Waals surface area contributed by atoms with Crippen LogP contribution in [-0.2, 0) is 40.4 Å². The molecule has 350 valence electrons. The van der Waals surface area contributed by atoms with Gasteiger partial charge in [-0.1, -0.05) is 122 Å². The number of hydrogen-bond acceptors (Lipinski definition) is 12. The molecule has 1 amide bonds. The van der Waals surface area contributed by atoms with E-state index in [0.717, 1.165) is 29.5 Å². The van der Waals surface area contributed by atoms with Crippen molar-refractivity contribution in [3.8, 4) is 5.75 Å². The minimum atomic E-state index is -1.63. The van der Waals surface area contributed by atoms with Gasteiger partial charge in [0.05, 0.1) is 24.8 Å². The zero-order valence-corrected chi connectivity index (χ0v) is 40.3. The number of hydrogen-bond donors (Lipinski definition) is 3. The summed E-state index contributed by atoms with van der Waals surface area (Å²) in [5, 5.41) is 23.6. The van der Waals surface area contributed by atoms with Crippen molar-refractivity contribution in [2.24, 2.45) is 22.4 Å². The molecule has 3 saturated carbocycles. The first kappa shape index (κ1) is 47.5. The van der Waals surface area contributed by atoms with Gasteiger partial charge in [0, 0.05) is 5.38 Å². The molecule has 2 heterocycles. The highest BCUT2D eigenvalue weighted by Gasteiger charge is 2.68. The van der Waals surface area contributed by atoms with Gasteiger partial charge in [-0.25, -0.2) is 14.6 Å². The van der Waals surface area contributed by atoms with Crippen molar-refractivity contribution < 1.29 is 43.1 Å². The number of carboxylic acids is 1. The molecule has 1 saturated heterocycles. The Hall–Kier alpha value is -6.03. The summed E-state index contributed by atoms with van der Waals surface area (Å²) in [6.45, 7) is 14.9. The predicted molar refractivity (Wildman–Crippen MR) is 258 cm³/mol. The van der Waals surface area contributed by atoms with Gasteiger partial charge in [-0.15, -0.1) is 11.3 Å². The average Bonchev–Trinajstić information content (AvgIpc) is 3.92. The predicted octanol–water partition coefficient (Wildman–Crippen LogP) is 9.09. The van der Waals surface area contributed by atoms with Crippen molar-refractivity contribution in [1.29, 1.82) is 0 Å². The Morgan fingerprint density at radius 1 is 0.881 bits per heavy atom. The summed E-state index contributed by atoms with van der Waals surface area (Å²) in [5.41, 5.74) is -0.673. The number of methoxy groups -OCH3 is 1. The zero-order valence-electron chi connectivity index (χ0n) is 39.5. The Bertz CT molecular complexity index is 2540. The number of anilines is 1. The van der Waals surface area contributed by atoms with Gasteiger partial charge < -0.3 is 39.4 Å². The Morgan fingerprint density at radius 3 is 2.01 bits per heavy atom. The normalized spacial score (nSPS) is 21.6. The molecular formula is C52H59BN4O9S. The molecule has 4 aromatic carbocycles. The fraction of sp³-hybridized carbons (Fsp3) is 0.404. The molecule has 1 aromatic heterocycles. The quantitative estimate of drug-likeness (QED) is 0.0284. The maximum absolute atomic E-state index is 15.1. The smallest absolute Gasteiger partial charge is 0.482 e. The SMILES string of the molecule is COc1c(C[C@H](NC(=O)C(=NOC(C)(C)C(=O)OC(C)(C)C)c2csc(NC(c3ccccc3)(c3ccccc3)c3ccccc3)n2)B2OC3CC4CC(C4(C)C)C3(C)O2)cccc1C(=O)O. The van der Waals surface area contributed by atoms with E-state index >= 15 is 4.79 Å². The Labute approximate surface area is 396 Å².